The third kappa shape index (κ3) is 69.3. The summed E-state index contributed by atoms with van der Waals surface area (Å²) in [6.45, 7) is 6.52. The number of carbonyl (C=O) groups excluding carboxylic acids is 3. The minimum absolute atomic E-state index is 0.0922. The van der Waals surface area contributed by atoms with E-state index in [1.54, 1.807) is 0 Å². The maximum atomic E-state index is 13.0. The Bertz CT molecular complexity index is 1570. The van der Waals surface area contributed by atoms with Gasteiger partial charge in [-0.2, -0.15) is 0 Å². The average Bonchev–Trinajstić information content (AvgIpc) is 3.50. The minimum atomic E-state index is -0.802. The van der Waals surface area contributed by atoms with E-state index in [0.29, 0.717) is 19.3 Å². The summed E-state index contributed by atoms with van der Waals surface area (Å²) in [5, 5.41) is 0. The van der Waals surface area contributed by atoms with Crippen LogP contribution >= 0.6 is 0 Å². The lowest BCUT2D eigenvalue weighted by Crippen LogP contribution is -2.30. The molecule has 1 atom stereocenters. The molecule has 83 heavy (non-hydrogen) atoms. The molecule has 0 aliphatic carbocycles. The van der Waals surface area contributed by atoms with Crippen molar-refractivity contribution in [3.05, 3.63) is 85.1 Å². The van der Waals surface area contributed by atoms with Crippen molar-refractivity contribution < 1.29 is 28.6 Å². The van der Waals surface area contributed by atoms with E-state index >= 15 is 0 Å². The molecule has 6 nitrogen and oxygen atoms in total. The smallest absolute Gasteiger partial charge is 0.306 e. The normalized spacial score (nSPS) is 12.6. The average molecular weight is 1160 g/mol. The first-order valence-corrected chi connectivity index (χ1v) is 36.1. The van der Waals surface area contributed by atoms with Crippen LogP contribution in [-0.4, -0.2) is 37.2 Å². The molecule has 0 radical (unpaired) electrons. The lowest BCUT2D eigenvalue weighted by atomic mass is 10.0. The fourth-order valence-corrected chi connectivity index (χ4v) is 10.5. The Labute approximate surface area is 515 Å². The van der Waals surface area contributed by atoms with Crippen LogP contribution < -0.4 is 0 Å². The van der Waals surface area contributed by atoms with Gasteiger partial charge in [-0.1, -0.05) is 324 Å². The maximum absolute atomic E-state index is 13.0. The molecule has 0 saturated heterocycles. The molecule has 0 aliphatic heterocycles. The van der Waals surface area contributed by atoms with E-state index in [2.05, 4.69) is 106 Å². The number of hydrogen-bond acceptors (Lipinski definition) is 6. The monoisotopic (exact) mass is 1160 g/mol. The number of carbonyl (C=O) groups is 3. The fraction of sp³-hybridized carbons (Fsp3) is 0.779. The molecule has 0 aromatic rings. The summed E-state index contributed by atoms with van der Waals surface area (Å²) < 4.78 is 16.9. The van der Waals surface area contributed by atoms with Crippen LogP contribution in [0.4, 0.5) is 0 Å². The van der Waals surface area contributed by atoms with Gasteiger partial charge in [-0.15, -0.1) is 0 Å². The van der Waals surface area contributed by atoms with Gasteiger partial charge in [0.2, 0.25) is 0 Å². The van der Waals surface area contributed by atoms with Crippen molar-refractivity contribution in [1.82, 2.24) is 0 Å². The van der Waals surface area contributed by atoms with Gasteiger partial charge in [-0.05, 0) is 109 Å². The van der Waals surface area contributed by atoms with Crippen LogP contribution in [0.15, 0.2) is 85.1 Å². The van der Waals surface area contributed by atoms with E-state index in [0.717, 1.165) is 77.0 Å². The summed E-state index contributed by atoms with van der Waals surface area (Å²) in [4.78, 5) is 38.4. The zero-order valence-corrected chi connectivity index (χ0v) is 55.2. The summed E-state index contributed by atoms with van der Waals surface area (Å²) in [6, 6.07) is 0. The molecule has 0 amide bonds. The van der Waals surface area contributed by atoms with Crippen LogP contribution in [0.25, 0.3) is 0 Å². The highest BCUT2D eigenvalue weighted by atomic mass is 16.6. The van der Waals surface area contributed by atoms with Crippen LogP contribution in [0.2, 0.25) is 0 Å². The molecule has 0 heterocycles. The molecule has 6 heteroatoms. The van der Waals surface area contributed by atoms with Crippen molar-refractivity contribution in [1.29, 1.82) is 0 Å². The van der Waals surface area contributed by atoms with Gasteiger partial charge in [0.15, 0.2) is 6.10 Å². The molecule has 0 bridgehead atoms. The lowest BCUT2D eigenvalue weighted by molar-refractivity contribution is -0.167. The summed E-state index contributed by atoms with van der Waals surface area (Å²) >= 11 is 0. The van der Waals surface area contributed by atoms with Gasteiger partial charge in [0.25, 0.3) is 0 Å². The van der Waals surface area contributed by atoms with Crippen molar-refractivity contribution in [3.8, 4) is 0 Å². The fourth-order valence-electron chi connectivity index (χ4n) is 10.5. The van der Waals surface area contributed by atoms with Gasteiger partial charge in [0, 0.05) is 19.3 Å². The molecule has 0 aromatic heterocycles. The first-order valence-electron chi connectivity index (χ1n) is 36.1. The Morgan fingerprint density at radius 1 is 0.253 bits per heavy atom. The molecular weight excluding hydrogens is 1020 g/mol. The Morgan fingerprint density at radius 3 is 0.795 bits per heavy atom. The van der Waals surface area contributed by atoms with Crippen molar-refractivity contribution in [2.75, 3.05) is 13.2 Å². The van der Waals surface area contributed by atoms with Gasteiger partial charge in [-0.3, -0.25) is 14.4 Å². The van der Waals surface area contributed by atoms with Crippen molar-refractivity contribution in [3.63, 3.8) is 0 Å². The van der Waals surface area contributed by atoms with E-state index in [1.807, 2.05) is 0 Å². The summed E-state index contributed by atoms with van der Waals surface area (Å²) in [5.74, 6) is -0.936. The quantitative estimate of drug-likeness (QED) is 0.0261. The molecule has 0 rings (SSSR count). The molecule has 0 N–H and O–H groups in total. The van der Waals surface area contributed by atoms with E-state index in [-0.39, 0.29) is 37.5 Å². The molecule has 0 spiro atoms. The number of rotatable bonds is 66. The maximum Gasteiger partial charge on any atom is 0.306 e. The standard InChI is InChI=1S/C77H136O6/c1-4-7-10-13-16-19-22-25-28-31-33-34-35-36-37-38-39-40-41-42-44-46-49-52-55-58-61-64-67-70-76(79)82-73-74(72-81-75(78)69-66-63-60-57-54-51-48-45-30-27-24-21-18-15-12-9-6-3)83-77(80)71-68-65-62-59-56-53-50-47-43-32-29-26-23-20-17-14-11-8-5-2/h9,12,18,21,26-27,29-31,33,48,51,57,60,74H,4-8,10-11,13-17,19-20,22-25,28,32,34-47,49-50,52-56,58-59,61-73H2,1-3H3/b12-9-,21-18-,29-26-,30-27-,33-31-,51-48-,60-57-. The first-order chi connectivity index (χ1) is 41.0. The Hall–Kier alpha value is -3.41. The number of hydrogen-bond donors (Lipinski definition) is 0. The van der Waals surface area contributed by atoms with Gasteiger partial charge in [0.05, 0.1) is 0 Å². The molecule has 0 saturated carbocycles. The molecule has 480 valence electrons. The van der Waals surface area contributed by atoms with Crippen LogP contribution in [0.1, 0.15) is 367 Å². The lowest BCUT2D eigenvalue weighted by Gasteiger charge is -2.18. The third-order valence-electron chi connectivity index (χ3n) is 15.9. The zero-order chi connectivity index (χ0) is 59.9. The minimum Gasteiger partial charge on any atom is -0.462 e. The van der Waals surface area contributed by atoms with Crippen molar-refractivity contribution in [2.45, 2.75) is 374 Å². The van der Waals surface area contributed by atoms with E-state index in [1.165, 1.54) is 244 Å². The highest BCUT2D eigenvalue weighted by Gasteiger charge is 2.19. The van der Waals surface area contributed by atoms with Gasteiger partial charge in [-0.25, -0.2) is 0 Å². The van der Waals surface area contributed by atoms with Crippen LogP contribution in [0.3, 0.4) is 0 Å². The van der Waals surface area contributed by atoms with Gasteiger partial charge in [0.1, 0.15) is 13.2 Å². The molecule has 0 aliphatic rings. The van der Waals surface area contributed by atoms with Crippen LogP contribution in [-0.2, 0) is 28.6 Å². The second-order valence-electron chi connectivity index (χ2n) is 24.1. The largest absolute Gasteiger partial charge is 0.462 e. The van der Waals surface area contributed by atoms with E-state index < -0.39 is 6.10 Å². The Kier molecular flexibility index (Phi) is 68.2. The van der Waals surface area contributed by atoms with E-state index in [4.69, 9.17) is 14.2 Å². The van der Waals surface area contributed by atoms with Crippen LogP contribution in [0, 0.1) is 0 Å². The zero-order valence-electron chi connectivity index (χ0n) is 55.2. The predicted octanol–water partition coefficient (Wildman–Crippen LogP) is 25.0. The van der Waals surface area contributed by atoms with Crippen LogP contribution in [0.5, 0.6) is 0 Å². The van der Waals surface area contributed by atoms with E-state index in [9.17, 15) is 14.4 Å². The topological polar surface area (TPSA) is 78.9 Å². The third-order valence-corrected chi connectivity index (χ3v) is 15.9. The highest BCUT2D eigenvalue weighted by molar-refractivity contribution is 5.71. The molecule has 1 unspecified atom stereocenters. The number of ether oxygens (including phenoxy) is 3. The molecular formula is C77H136O6. The summed E-state index contributed by atoms with van der Waals surface area (Å²) in [7, 11) is 0. The molecule has 0 aromatic carbocycles. The summed E-state index contributed by atoms with van der Waals surface area (Å²) in [5.41, 5.74) is 0. The van der Waals surface area contributed by atoms with Crippen molar-refractivity contribution >= 4 is 17.9 Å². The number of allylic oxidation sites excluding steroid dienone is 14. The first kappa shape index (κ1) is 79.6. The predicted molar refractivity (Wildman–Crippen MR) is 362 cm³/mol. The Balaban J connectivity index is 4.31. The number of unbranched alkanes of at least 4 members (excludes halogenated alkanes) is 41. The summed E-state index contributed by atoms with van der Waals surface area (Å²) in [6.07, 6.45) is 94.9. The second-order valence-corrected chi connectivity index (χ2v) is 24.1. The highest BCUT2D eigenvalue weighted by Crippen LogP contribution is 2.18. The van der Waals surface area contributed by atoms with Gasteiger partial charge >= 0.3 is 17.9 Å². The SMILES string of the molecule is CC/C=C\C/C=C\C/C=C\C/C=C\C/C=C\CCCC(=O)OCC(COC(=O)CCCCCCCCCCCCCCCCCCC/C=C\CCCCCCCCCC)OC(=O)CCCCCCCCCCC/C=C\CCCCCCCC. The number of esters is 3. The van der Waals surface area contributed by atoms with Gasteiger partial charge < -0.3 is 14.2 Å². The molecule has 0 fully saturated rings. The Morgan fingerprint density at radius 2 is 0.482 bits per heavy atom. The second kappa shape index (κ2) is 71.1. The van der Waals surface area contributed by atoms with Crippen molar-refractivity contribution in [2.24, 2.45) is 0 Å².